The number of halogens is 2. The van der Waals surface area contributed by atoms with Crippen LogP contribution in [0.2, 0.25) is 0 Å². The molecular formula is C29H31F2N7O3S. The number of aromatic amines is 1. The first-order valence-electron chi connectivity index (χ1n) is 13.4. The van der Waals surface area contributed by atoms with Crippen LogP contribution in [0.1, 0.15) is 37.8 Å². The molecule has 0 aliphatic carbocycles. The Kier molecular flexibility index (Phi) is 7.89. The van der Waals surface area contributed by atoms with E-state index in [1.807, 2.05) is 4.90 Å². The lowest BCUT2D eigenvalue weighted by atomic mass is 9.84. The number of pyridine rings is 1. The second-order valence-electron chi connectivity index (χ2n) is 10.7. The van der Waals surface area contributed by atoms with Crippen molar-refractivity contribution in [3.8, 4) is 6.07 Å². The van der Waals surface area contributed by atoms with Gasteiger partial charge in [-0.2, -0.15) is 10.4 Å². The minimum Gasteiger partial charge on any atom is -0.338 e. The summed E-state index contributed by atoms with van der Waals surface area (Å²) in [5.41, 5.74) is -0.0789. The molecule has 0 amide bonds. The van der Waals surface area contributed by atoms with E-state index in [-0.39, 0.29) is 28.3 Å². The Morgan fingerprint density at radius 2 is 1.76 bits per heavy atom. The lowest BCUT2D eigenvalue weighted by Gasteiger charge is -2.43. The molecule has 0 saturated carbocycles. The predicted molar refractivity (Wildman–Crippen MR) is 155 cm³/mol. The monoisotopic (exact) mass is 595 g/mol. The van der Waals surface area contributed by atoms with Crippen molar-refractivity contribution in [1.82, 2.24) is 24.0 Å². The van der Waals surface area contributed by atoms with Gasteiger partial charge in [0.25, 0.3) is 5.56 Å². The molecule has 2 N–H and O–H groups in total. The number of nitrogens with one attached hydrogen (secondary N) is 2. The number of anilines is 2. The predicted octanol–water partition coefficient (Wildman–Crippen LogP) is 4.46. The SMILES string of the molecule is CC(c1c(F)cccc1F)N1CCC(CC#N)(n2nc(Nc3ccc(S(=O)(=O)N(C)C)cc3)c3c(=O)[nH]ccc32)CC1. The quantitative estimate of drug-likeness (QED) is 0.308. The molecule has 13 heteroatoms. The third-order valence-corrected chi connectivity index (χ3v) is 9.88. The molecule has 1 aliphatic rings. The highest BCUT2D eigenvalue weighted by atomic mass is 32.2. The highest BCUT2D eigenvalue weighted by Crippen LogP contribution is 2.40. The fourth-order valence-corrected chi connectivity index (χ4v) is 6.52. The maximum atomic E-state index is 14.5. The van der Waals surface area contributed by atoms with Crippen LogP contribution < -0.4 is 10.9 Å². The van der Waals surface area contributed by atoms with E-state index in [1.54, 1.807) is 29.8 Å². The fraction of sp³-hybridized carbons (Fsp3) is 0.345. The number of likely N-dealkylation sites (tertiary alicyclic amines) is 1. The van der Waals surface area contributed by atoms with Gasteiger partial charge in [-0.05, 0) is 62.2 Å². The van der Waals surface area contributed by atoms with Crippen molar-refractivity contribution < 1.29 is 17.2 Å². The first kappa shape index (κ1) is 29.4. The standard InChI is InChI=1S/C29H31F2N7O3S/c1-19(25-22(30)5-4-6-23(25)31)37-17-13-29(12-15-32,14-18-37)38-24-11-16-33-28(39)26(24)27(35-38)34-20-7-9-21(10-8-20)42(40,41)36(2)3/h4-11,16,19H,12-14,17-18H2,1-3H3,(H,33,39)(H,34,35). The van der Waals surface area contributed by atoms with Gasteiger partial charge in [-0.25, -0.2) is 21.5 Å². The Balaban J connectivity index is 1.48. The molecule has 3 heterocycles. The van der Waals surface area contributed by atoms with E-state index in [9.17, 15) is 27.3 Å². The third-order valence-electron chi connectivity index (χ3n) is 8.05. The molecule has 1 fully saturated rings. The van der Waals surface area contributed by atoms with Gasteiger partial charge in [-0.15, -0.1) is 0 Å². The molecule has 2 aromatic heterocycles. The number of fused-ring (bicyclic) bond motifs is 1. The zero-order valence-electron chi connectivity index (χ0n) is 23.4. The molecule has 0 bridgehead atoms. The molecule has 1 aliphatic heterocycles. The van der Waals surface area contributed by atoms with Crippen LogP contribution >= 0.6 is 0 Å². The lowest BCUT2D eigenvalue weighted by Crippen LogP contribution is -2.47. The zero-order chi connectivity index (χ0) is 30.2. The van der Waals surface area contributed by atoms with Gasteiger partial charge in [0.15, 0.2) is 5.82 Å². The minimum atomic E-state index is -3.61. The Hall–Kier alpha value is -4.12. The van der Waals surface area contributed by atoms with E-state index in [4.69, 9.17) is 5.10 Å². The first-order valence-corrected chi connectivity index (χ1v) is 14.9. The number of nitrogens with zero attached hydrogens (tertiary/aromatic N) is 5. The number of piperidine rings is 1. The number of sulfonamides is 1. The van der Waals surface area contributed by atoms with Crippen molar-refractivity contribution in [2.24, 2.45) is 0 Å². The number of hydrogen-bond acceptors (Lipinski definition) is 7. The summed E-state index contributed by atoms with van der Waals surface area (Å²) >= 11 is 0. The average Bonchev–Trinajstić information content (AvgIpc) is 3.33. The fourth-order valence-electron chi connectivity index (χ4n) is 5.61. The molecule has 10 nitrogen and oxygen atoms in total. The van der Waals surface area contributed by atoms with E-state index >= 15 is 0 Å². The summed E-state index contributed by atoms with van der Waals surface area (Å²) in [6, 6.07) is 13.4. The van der Waals surface area contributed by atoms with Gasteiger partial charge in [-0.3, -0.25) is 14.4 Å². The molecule has 4 aromatic rings. The van der Waals surface area contributed by atoms with Gasteiger partial charge in [0.1, 0.15) is 17.0 Å². The van der Waals surface area contributed by atoms with E-state index in [1.165, 1.54) is 50.6 Å². The minimum absolute atomic E-state index is 0.0113. The van der Waals surface area contributed by atoms with Gasteiger partial charge in [-0.1, -0.05) is 6.07 Å². The van der Waals surface area contributed by atoms with Gasteiger partial charge >= 0.3 is 0 Å². The number of rotatable bonds is 8. The van der Waals surface area contributed by atoms with Crippen molar-refractivity contribution in [3.05, 3.63) is 82.3 Å². The molecule has 1 unspecified atom stereocenters. The highest BCUT2D eigenvalue weighted by Gasteiger charge is 2.40. The summed E-state index contributed by atoms with van der Waals surface area (Å²) in [5, 5.41) is 18.0. The van der Waals surface area contributed by atoms with Crippen molar-refractivity contribution in [1.29, 1.82) is 5.26 Å². The Bertz CT molecular complexity index is 1800. The van der Waals surface area contributed by atoms with Crippen molar-refractivity contribution >= 4 is 32.4 Å². The van der Waals surface area contributed by atoms with E-state index < -0.39 is 33.2 Å². The summed E-state index contributed by atoms with van der Waals surface area (Å²) < 4.78 is 56.8. The molecule has 0 spiro atoms. The van der Waals surface area contributed by atoms with Gasteiger partial charge in [0.2, 0.25) is 10.0 Å². The Morgan fingerprint density at radius 3 is 2.36 bits per heavy atom. The topological polar surface area (TPSA) is 127 Å². The van der Waals surface area contributed by atoms with Crippen molar-refractivity contribution in [2.45, 2.75) is 42.7 Å². The maximum Gasteiger partial charge on any atom is 0.261 e. The Labute approximate surface area is 242 Å². The molecule has 1 saturated heterocycles. The number of nitriles is 1. The summed E-state index contributed by atoms with van der Waals surface area (Å²) in [5.74, 6) is -0.940. The van der Waals surface area contributed by atoms with E-state index in [2.05, 4.69) is 16.4 Å². The van der Waals surface area contributed by atoms with Crippen molar-refractivity contribution in [2.75, 3.05) is 32.5 Å². The van der Waals surface area contributed by atoms with Crippen LogP contribution in [0.15, 0.2) is 64.4 Å². The summed E-state index contributed by atoms with van der Waals surface area (Å²) in [6.45, 7) is 2.66. The molecule has 0 radical (unpaired) electrons. The average molecular weight is 596 g/mol. The van der Waals surface area contributed by atoms with Gasteiger partial charge in [0, 0.05) is 50.7 Å². The van der Waals surface area contributed by atoms with Crippen LogP contribution in [-0.2, 0) is 15.6 Å². The Morgan fingerprint density at radius 1 is 1.12 bits per heavy atom. The first-order chi connectivity index (χ1) is 20.0. The molecule has 220 valence electrons. The van der Waals surface area contributed by atoms with Gasteiger partial charge < -0.3 is 10.3 Å². The van der Waals surface area contributed by atoms with Crippen LogP contribution in [-0.4, -0.2) is 59.6 Å². The molecular weight excluding hydrogens is 564 g/mol. The second-order valence-corrected chi connectivity index (χ2v) is 12.8. The van der Waals surface area contributed by atoms with Gasteiger partial charge in [0.05, 0.1) is 28.4 Å². The molecule has 2 aromatic carbocycles. The van der Waals surface area contributed by atoms with Crippen LogP contribution in [0.25, 0.3) is 10.9 Å². The highest BCUT2D eigenvalue weighted by molar-refractivity contribution is 7.89. The number of hydrogen-bond donors (Lipinski definition) is 2. The summed E-state index contributed by atoms with van der Waals surface area (Å²) in [6.07, 6.45) is 2.55. The summed E-state index contributed by atoms with van der Waals surface area (Å²) in [4.78, 5) is 17.8. The zero-order valence-corrected chi connectivity index (χ0v) is 24.3. The molecule has 5 rings (SSSR count). The lowest BCUT2D eigenvalue weighted by molar-refractivity contribution is 0.0782. The van der Waals surface area contributed by atoms with Crippen LogP contribution in [0.5, 0.6) is 0 Å². The number of H-pyrrole nitrogens is 1. The van der Waals surface area contributed by atoms with E-state index in [0.717, 1.165) is 4.31 Å². The molecule has 42 heavy (non-hydrogen) atoms. The van der Waals surface area contributed by atoms with Crippen molar-refractivity contribution in [3.63, 3.8) is 0 Å². The maximum absolute atomic E-state index is 14.5. The number of aromatic nitrogens is 3. The van der Waals surface area contributed by atoms with Crippen LogP contribution in [0, 0.1) is 23.0 Å². The van der Waals surface area contributed by atoms with Crippen LogP contribution in [0.3, 0.4) is 0 Å². The van der Waals surface area contributed by atoms with E-state index in [0.29, 0.717) is 42.5 Å². The smallest absolute Gasteiger partial charge is 0.261 e. The third kappa shape index (κ3) is 5.17. The van der Waals surface area contributed by atoms with Crippen LogP contribution in [0.4, 0.5) is 20.3 Å². The number of benzene rings is 2. The largest absolute Gasteiger partial charge is 0.338 e. The normalized spacial score (nSPS) is 16.4. The second kappa shape index (κ2) is 11.3. The summed E-state index contributed by atoms with van der Waals surface area (Å²) in [7, 11) is -0.709. The molecule has 1 atom stereocenters.